The van der Waals surface area contributed by atoms with E-state index in [1.54, 1.807) is 0 Å². The first kappa shape index (κ1) is 102. The zero-order chi connectivity index (χ0) is 76.5. The fraction of sp³-hybridized carbons (Fsp3) is 0.953. The van der Waals surface area contributed by atoms with Crippen LogP contribution in [-0.2, 0) is 65.4 Å². The van der Waals surface area contributed by atoms with Crippen LogP contribution in [-0.4, -0.2) is 96.7 Å². The lowest BCUT2D eigenvalue weighted by Gasteiger charge is -2.21. The highest BCUT2D eigenvalue weighted by Crippen LogP contribution is 2.45. The van der Waals surface area contributed by atoms with Crippen molar-refractivity contribution in [1.29, 1.82) is 0 Å². The first-order valence-corrected chi connectivity index (χ1v) is 46.9. The molecule has 0 saturated carbocycles. The van der Waals surface area contributed by atoms with Gasteiger partial charge >= 0.3 is 39.5 Å². The summed E-state index contributed by atoms with van der Waals surface area (Å²) in [6.07, 6.45) is 65.5. The van der Waals surface area contributed by atoms with E-state index < -0.39 is 97.5 Å². The van der Waals surface area contributed by atoms with Crippen molar-refractivity contribution in [2.45, 2.75) is 465 Å². The van der Waals surface area contributed by atoms with Gasteiger partial charge in [0, 0.05) is 25.7 Å². The Labute approximate surface area is 638 Å². The first-order chi connectivity index (χ1) is 50.3. The number of ether oxygens (including phenoxy) is 4. The van der Waals surface area contributed by atoms with Crippen LogP contribution in [0.2, 0.25) is 0 Å². The molecule has 0 amide bonds. The summed E-state index contributed by atoms with van der Waals surface area (Å²) in [5.74, 6) is 0.193. The molecule has 0 radical (unpaired) electrons. The van der Waals surface area contributed by atoms with Crippen LogP contribution in [0, 0.1) is 17.8 Å². The number of aliphatic hydroxyl groups excluding tert-OH is 1. The third-order valence-corrected chi connectivity index (χ3v) is 22.1. The van der Waals surface area contributed by atoms with Crippen molar-refractivity contribution < 1.29 is 80.2 Å². The highest BCUT2D eigenvalue weighted by molar-refractivity contribution is 7.47. The predicted molar refractivity (Wildman–Crippen MR) is 428 cm³/mol. The van der Waals surface area contributed by atoms with Crippen LogP contribution in [0.25, 0.3) is 0 Å². The molecule has 3 N–H and O–H groups in total. The van der Waals surface area contributed by atoms with Gasteiger partial charge < -0.3 is 33.8 Å². The van der Waals surface area contributed by atoms with Gasteiger partial charge in [0.2, 0.25) is 0 Å². The Balaban J connectivity index is 5.21. The monoisotopic (exact) mass is 1520 g/mol. The molecule has 3 unspecified atom stereocenters. The SMILES string of the molecule is CCCCCCCCCCCCCCCCCCCCCCC(=O)OC[C@H](COP(=O)(O)OC[C@@H](O)COP(=O)(O)OC[C@@H](COC(=O)CCCCCCCCC(C)C)OC(=O)CCCCCCCCCCCCC(C)CC)OC(=O)CCCCCCCCCCCCCCCCCCCCC(C)C. The average molecular weight is 1520 g/mol. The van der Waals surface area contributed by atoms with Gasteiger partial charge in [-0.25, -0.2) is 9.13 Å². The third-order valence-electron chi connectivity index (χ3n) is 20.2. The second kappa shape index (κ2) is 75.1. The fourth-order valence-electron chi connectivity index (χ4n) is 13.2. The zero-order valence-corrected chi connectivity index (χ0v) is 70.3. The van der Waals surface area contributed by atoms with Gasteiger partial charge in [-0.3, -0.25) is 37.3 Å². The number of carbonyl (C=O) groups excluding carboxylic acids is 4. The Hall–Kier alpha value is -1.94. The molecule has 0 fully saturated rings. The Kier molecular flexibility index (Phi) is 73.7. The standard InChI is InChI=1S/C85H166O17P2/c1-8-10-11-12-13-14-15-16-17-18-19-20-24-27-30-33-39-44-52-59-66-82(87)95-72-80(101-84(89)68-61-54-45-40-34-31-28-25-22-21-23-26-29-32-37-42-49-56-63-76(3)4)74-99-103(91,92)97-70-79(86)71-98-104(93,94)100-75-81(73-96-83(88)67-60-53-48-47-50-57-64-77(5)6)102-85(90)69-62-55-46-41-36-35-38-43-51-58-65-78(7)9-2/h76-81,86H,8-75H2,1-7H3,(H,91,92)(H,93,94)/t78?,79-,80-,81-/m1/s1. The average Bonchev–Trinajstić information content (AvgIpc) is 0.902. The minimum atomic E-state index is -4.97. The topological polar surface area (TPSA) is 237 Å². The Bertz CT molecular complexity index is 2010. The van der Waals surface area contributed by atoms with E-state index in [1.807, 2.05) is 0 Å². The first-order valence-electron chi connectivity index (χ1n) is 43.9. The summed E-state index contributed by atoms with van der Waals surface area (Å²) in [6.45, 7) is 11.9. The molecule has 6 atom stereocenters. The maximum atomic E-state index is 13.1. The Morgan fingerprint density at radius 3 is 0.731 bits per heavy atom. The summed E-state index contributed by atoms with van der Waals surface area (Å²) in [4.78, 5) is 73.1. The van der Waals surface area contributed by atoms with Gasteiger partial charge in [0.25, 0.3) is 0 Å². The van der Waals surface area contributed by atoms with Gasteiger partial charge in [-0.2, -0.15) is 0 Å². The molecule has 0 bridgehead atoms. The molecule has 0 aliphatic rings. The van der Waals surface area contributed by atoms with Crippen LogP contribution in [0.15, 0.2) is 0 Å². The minimum absolute atomic E-state index is 0.105. The smallest absolute Gasteiger partial charge is 0.462 e. The van der Waals surface area contributed by atoms with Crippen molar-refractivity contribution >= 4 is 39.5 Å². The van der Waals surface area contributed by atoms with Gasteiger partial charge in [-0.1, -0.05) is 395 Å². The summed E-state index contributed by atoms with van der Waals surface area (Å²) in [7, 11) is -9.93. The van der Waals surface area contributed by atoms with Crippen molar-refractivity contribution in [2.24, 2.45) is 17.8 Å². The van der Waals surface area contributed by atoms with E-state index in [1.165, 1.54) is 250 Å². The molecule has 0 heterocycles. The number of unbranched alkanes of at least 4 members (excludes halogenated alkanes) is 50. The molecule has 0 aromatic rings. The van der Waals surface area contributed by atoms with Crippen LogP contribution >= 0.6 is 15.6 Å². The Morgan fingerprint density at radius 2 is 0.490 bits per heavy atom. The van der Waals surface area contributed by atoms with E-state index in [-0.39, 0.29) is 25.7 Å². The second-order valence-electron chi connectivity index (χ2n) is 31.8. The number of phosphoric ester groups is 2. The number of rotatable bonds is 83. The summed E-state index contributed by atoms with van der Waals surface area (Å²) in [6, 6.07) is 0. The van der Waals surface area contributed by atoms with Crippen molar-refractivity contribution in [2.75, 3.05) is 39.6 Å². The van der Waals surface area contributed by atoms with E-state index in [4.69, 9.17) is 37.0 Å². The molecule has 17 nitrogen and oxygen atoms in total. The van der Waals surface area contributed by atoms with Gasteiger partial charge in [0.1, 0.15) is 19.3 Å². The number of phosphoric acid groups is 2. The van der Waals surface area contributed by atoms with Gasteiger partial charge in [-0.15, -0.1) is 0 Å². The van der Waals surface area contributed by atoms with Crippen molar-refractivity contribution in [3.63, 3.8) is 0 Å². The maximum absolute atomic E-state index is 13.1. The van der Waals surface area contributed by atoms with Crippen LogP contribution in [0.4, 0.5) is 0 Å². The van der Waals surface area contributed by atoms with Gasteiger partial charge in [0.05, 0.1) is 26.4 Å². The highest BCUT2D eigenvalue weighted by Gasteiger charge is 2.30. The Morgan fingerprint density at radius 1 is 0.279 bits per heavy atom. The van der Waals surface area contributed by atoms with Crippen molar-refractivity contribution in [3.05, 3.63) is 0 Å². The normalized spacial score (nSPS) is 14.2. The van der Waals surface area contributed by atoms with Crippen LogP contribution in [0.3, 0.4) is 0 Å². The molecule has 0 rings (SSSR count). The van der Waals surface area contributed by atoms with E-state index >= 15 is 0 Å². The molecule has 618 valence electrons. The molecular weight excluding hydrogens is 1350 g/mol. The van der Waals surface area contributed by atoms with E-state index in [0.717, 1.165) is 108 Å². The molecule has 19 heteroatoms. The molecule has 0 spiro atoms. The van der Waals surface area contributed by atoms with E-state index in [0.29, 0.717) is 31.6 Å². The molecule has 0 aliphatic carbocycles. The number of aliphatic hydroxyl groups is 1. The third kappa shape index (κ3) is 76.8. The van der Waals surface area contributed by atoms with E-state index in [9.17, 15) is 43.2 Å². The second-order valence-corrected chi connectivity index (χ2v) is 34.7. The summed E-state index contributed by atoms with van der Waals surface area (Å²) >= 11 is 0. The fourth-order valence-corrected chi connectivity index (χ4v) is 14.7. The molecule has 0 aromatic carbocycles. The zero-order valence-electron chi connectivity index (χ0n) is 68.5. The van der Waals surface area contributed by atoms with E-state index in [2.05, 4.69) is 48.5 Å². The van der Waals surface area contributed by atoms with Crippen LogP contribution in [0.5, 0.6) is 0 Å². The van der Waals surface area contributed by atoms with Gasteiger partial charge in [0.15, 0.2) is 12.2 Å². The van der Waals surface area contributed by atoms with Gasteiger partial charge in [-0.05, 0) is 43.4 Å². The number of esters is 4. The molecular formula is C85H166O17P2. The number of hydrogen-bond acceptors (Lipinski definition) is 15. The summed E-state index contributed by atoms with van der Waals surface area (Å²) < 4.78 is 68.8. The van der Waals surface area contributed by atoms with Crippen molar-refractivity contribution in [3.8, 4) is 0 Å². The summed E-state index contributed by atoms with van der Waals surface area (Å²) in [5, 5.41) is 10.7. The molecule has 0 aliphatic heterocycles. The number of hydrogen-bond donors (Lipinski definition) is 3. The van der Waals surface area contributed by atoms with Crippen LogP contribution in [0.1, 0.15) is 447 Å². The summed E-state index contributed by atoms with van der Waals surface area (Å²) in [5.41, 5.74) is 0. The molecule has 0 aromatic heterocycles. The molecule has 0 saturated heterocycles. The quantitative estimate of drug-likeness (QED) is 0.0222. The lowest BCUT2D eigenvalue weighted by atomic mass is 9.99. The lowest BCUT2D eigenvalue weighted by molar-refractivity contribution is -0.161. The van der Waals surface area contributed by atoms with Crippen molar-refractivity contribution in [1.82, 2.24) is 0 Å². The highest BCUT2D eigenvalue weighted by atomic mass is 31.2. The lowest BCUT2D eigenvalue weighted by Crippen LogP contribution is -2.30. The largest absolute Gasteiger partial charge is 0.472 e. The maximum Gasteiger partial charge on any atom is 0.472 e. The van der Waals surface area contributed by atoms with Crippen LogP contribution < -0.4 is 0 Å². The predicted octanol–water partition coefficient (Wildman–Crippen LogP) is 25.7. The number of carbonyl (C=O) groups is 4. The minimum Gasteiger partial charge on any atom is -0.462 e. The molecule has 104 heavy (non-hydrogen) atoms.